The Hall–Kier alpha value is -4.14. The molecule has 1 amide bonds. The number of nitrogens with zero attached hydrogens (tertiary/aromatic N) is 7. The van der Waals surface area contributed by atoms with Gasteiger partial charge in [0.1, 0.15) is 17.4 Å². The highest BCUT2D eigenvalue weighted by Gasteiger charge is 2.38. The first-order valence-electron chi connectivity index (χ1n) is 10.0. The molecule has 0 fully saturated rings. The third kappa shape index (κ3) is 3.24. The molecule has 0 unspecified atom stereocenters. The number of nitrogens with one attached hydrogen (secondary N) is 1. The maximum Gasteiger partial charge on any atom is 0.435 e. The van der Waals surface area contributed by atoms with Crippen molar-refractivity contribution in [3.63, 3.8) is 0 Å². The van der Waals surface area contributed by atoms with Gasteiger partial charge in [0, 0.05) is 67.7 Å². The summed E-state index contributed by atoms with van der Waals surface area (Å²) in [6, 6.07) is 3.75. The van der Waals surface area contributed by atoms with Gasteiger partial charge in [-0.15, -0.1) is 0 Å². The zero-order valence-corrected chi connectivity index (χ0v) is 17.6. The lowest BCUT2D eigenvalue weighted by molar-refractivity contribution is -0.141. The van der Waals surface area contributed by atoms with Crippen molar-refractivity contribution in [1.29, 1.82) is 5.26 Å². The van der Waals surface area contributed by atoms with Gasteiger partial charge in [-0.1, -0.05) is 0 Å². The molecule has 5 heterocycles. The second kappa shape index (κ2) is 7.19. The molecule has 1 aliphatic rings. The van der Waals surface area contributed by atoms with E-state index in [0.717, 1.165) is 0 Å². The molecule has 9 nitrogen and oxygen atoms in total. The van der Waals surface area contributed by atoms with Gasteiger partial charge in [-0.05, 0) is 12.5 Å². The Balaban J connectivity index is 1.83. The Morgan fingerprint density at radius 2 is 2.00 bits per heavy atom. The van der Waals surface area contributed by atoms with Crippen LogP contribution in [0.2, 0.25) is 0 Å². The molecule has 0 spiro atoms. The number of aryl methyl sites for hydroxylation is 2. The molecule has 0 radical (unpaired) electrons. The Bertz CT molecular complexity index is 1450. The largest absolute Gasteiger partial charge is 0.435 e. The van der Waals surface area contributed by atoms with Crippen LogP contribution in [0.5, 0.6) is 0 Å². The van der Waals surface area contributed by atoms with Crippen LogP contribution in [0.1, 0.15) is 24.2 Å². The van der Waals surface area contributed by atoms with E-state index in [2.05, 4.69) is 26.2 Å². The summed E-state index contributed by atoms with van der Waals surface area (Å²) in [5, 5.41) is 18.3. The fraction of sp³-hybridized carbons (Fsp3) is 0.286. The van der Waals surface area contributed by atoms with E-state index in [0.29, 0.717) is 27.7 Å². The summed E-state index contributed by atoms with van der Waals surface area (Å²) in [5.41, 5.74) is 0.645. The number of halogens is 3. The number of aromatic nitrogens is 6. The standard InChI is InChI=1S/C21H17F3N8O/c1-30-16(33)4-3-5-32-10-14(18(28-32)21(22,23)24)13-9-27-19-12(13)6-11(8-26-19)17-15(7-25)31(2)29-20(17)30/h6,8-10H,3-5H2,1-2H3,(H,26,27). The number of fused-ring (bicyclic) bond motifs is 6. The van der Waals surface area contributed by atoms with Crippen LogP contribution in [0.25, 0.3) is 33.3 Å². The lowest BCUT2D eigenvalue weighted by Crippen LogP contribution is -2.27. The monoisotopic (exact) mass is 454 g/mol. The van der Waals surface area contributed by atoms with Crippen molar-refractivity contribution in [3.8, 4) is 28.3 Å². The SMILES string of the molecule is CN1C(=O)CCCn2cc(c(C(F)(F)F)n2)-c2c[nH]c3ncc(cc23)-c2c1nn(C)c2C#N. The van der Waals surface area contributed by atoms with Crippen molar-refractivity contribution in [3.05, 3.63) is 36.0 Å². The predicted octanol–water partition coefficient (Wildman–Crippen LogP) is 3.47. The quantitative estimate of drug-likeness (QED) is 0.438. The summed E-state index contributed by atoms with van der Waals surface area (Å²) >= 11 is 0. The topological polar surface area (TPSA) is 108 Å². The number of carbonyl (C=O) groups is 1. The second-order valence-electron chi connectivity index (χ2n) is 7.81. The molecule has 0 saturated heterocycles. The number of alkyl halides is 3. The van der Waals surface area contributed by atoms with Crippen LogP contribution in [0.15, 0.2) is 24.7 Å². The highest BCUT2D eigenvalue weighted by atomic mass is 19.4. The number of nitriles is 1. The van der Waals surface area contributed by atoms with E-state index in [1.807, 2.05) is 0 Å². The van der Waals surface area contributed by atoms with Crippen LogP contribution in [0, 0.1) is 11.3 Å². The van der Waals surface area contributed by atoms with Gasteiger partial charge in [0.2, 0.25) is 5.91 Å². The average Bonchev–Trinajstić information content (AvgIpc) is 3.46. The van der Waals surface area contributed by atoms with Crippen LogP contribution < -0.4 is 4.90 Å². The average molecular weight is 454 g/mol. The van der Waals surface area contributed by atoms with Gasteiger partial charge in [-0.2, -0.15) is 28.6 Å². The normalized spacial score (nSPS) is 14.4. The number of H-pyrrole nitrogens is 1. The third-order valence-corrected chi connectivity index (χ3v) is 5.74. The molecule has 12 heteroatoms. The van der Waals surface area contributed by atoms with E-state index >= 15 is 0 Å². The predicted molar refractivity (Wildman–Crippen MR) is 112 cm³/mol. The summed E-state index contributed by atoms with van der Waals surface area (Å²) in [5.74, 6) is -0.000219. The second-order valence-corrected chi connectivity index (χ2v) is 7.81. The fourth-order valence-electron chi connectivity index (χ4n) is 4.12. The number of amides is 1. The van der Waals surface area contributed by atoms with Crippen LogP contribution in [0.3, 0.4) is 0 Å². The molecule has 5 rings (SSSR count). The number of rotatable bonds is 0. The fourth-order valence-corrected chi connectivity index (χ4v) is 4.12. The van der Waals surface area contributed by atoms with E-state index in [-0.39, 0.29) is 42.4 Å². The highest BCUT2D eigenvalue weighted by molar-refractivity contribution is 6.00. The minimum absolute atomic E-state index is 0.0671. The molecular formula is C21H17F3N8O. The first-order valence-corrected chi connectivity index (χ1v) is 10.0. The minimum Gasteiger partial charge on any atom is -0.346 e. The van der Waals surface area contributed by atoms with Crippen molar-refractivity contribution in [2.45, 2.75) is 25.6 Å². The van der Waals surface area contributed by atoms with Gasteiger partial charge < -0.3 is 4.98 Å². The molecule has 1 N–H and O–H groups in total. The Kier molecular flexibility index (Phi) is 4.52. The molecule has 4 bridgehead atoms. The highest BCUT2D eigenvalue weighted by Crippen LogP contribution is 2.41. The van der Waals surface area contributed by atoms with Gasteiger partial charge in [-0.3, -0.25) is 19.1 Å². The molecule has 168 valence electrons. The van der Waals surface area contributed by atoms with E-state index in [1.165, 1.54) is 32.9 Å². The summed E-state index contributed by atoms with van der Waals surface area (Å²) in [6.07, 6.45) is -0.00294. The van der Waals surface area contributed by atoms with Gasteiger partial charge in [0.05, 0.1) is 5.56 Å². The van der Waals surface area contributed by atoms with E-state index in [4.69, 9.17) is 0 Å². The summed E-state index contributed by atoms with van der Waals surface area (Å²) < 4.78 is 44.0. The first-order chi connectivity index (χ1) is 15.7. The summed E-state index contributed by atoms with van der Waals surface area (Å²) in [4.78, 5) is 21.5. The number of anilines is 1. The molecule has 4 aromatic heterocycles. The number of pyridine rings is 1. The van der Waals surface area contributed by atoms with Crippen molar-refractivity contribution in [2.75, 3.05) is 11.9 Å². The Morgan fingerprint density at radius 3 is 2.73 bits per heavy atom. The zero-order valence-electron chi connectivity index (χ0n) is 17.6. The van der Waals surface area contributed by atoms with Crippen LogP contribution in [-0.2, 0) is 24.6 Å². The summed E-state index contributed by atoms with van der Waals surface area (Å²) in [7, 11) is 3.15. The Morgan fingerprint density at radius 1 is 1.21 bits per heavy atom. The van der Waals surface area contributed by atoms with Crippen molar-refractivity contribution < 1.29 is 18.0 Å². The molecule has 0 atom stereocenters. The molecular weight excluding hydrogens is 437 g/mol. The first kappa shape index (κ1) is 20.7. The van der Waals surface area contributed by atoms with Crippen LogP contribution >= 0.6 is 0 Å². The van der Waals surface area contributed by atoms with Gasteiger partial charge in [0.15, 0.2) is 11.5 Å². The smallest absolute Gasteiger partial charge is 0.346 e. The van der Waals surface area contributed by atoms with E-state index in [1.54, 1.807) is 20.2 Å². The molecule has 1 aliphatic heterocycles. The van der Waals surface area contributed by atoms with Crippen molar-refractivity contribution >= 4 is 22.8 Å². The van der Waals surface area contributed by atoms with E-state index in [9.17, 15) is 23.2 Å². The molecule has 33 heavy (non-hydrogen) atoms. The molecule has 0 saturated carbocycles. The summed E-state index contributed by atoms with van der Waals surface area (Å²) in [6.45, 7) is 0.132. The van der Waals surface area contributed by atoms with Crippen molar-refractivity contribution in [1.82, 2.24) is 29.5 Å². The molecule has 4 aromatic rings. The lowest BCUT2D eigenvalue weighted by Gasteiger charge is -2.16. The lowest BCUT2D eigenvalue weighted by atomic mass is 10.0. The Labute approximate surface area is 185 Å². The van der Waals surface area contributed by atoms with Gasteiger partial charge in [-0.25, -0.2) is 4.98 Å². The molecule has 0 aliphatic carbocycles. The number of carbonyl (C=O) groups excluding carboxylic acids is 1. The van der Waals surface area contributed by atoms with Gasteiger partial charge in [0.25, 0.3) is 0 Å². The number of hydrogen-bond acceptors (Lipinski definition) is 5. The zero-order chi connectivity index (χ0) is 23.5. The molecule has 0 aromatic carbocycles. The number of hydrogen-bond donors (Lipinski definition) is 1. The number of aromatic amines is 1. The maximum absolute atomic E-state index is 13.8. The van der Waals surface area contributed by atoms with Crippen molar-refractivity contribution in [2.24, 2.45) is 7.05 Å². The third-order valence-electron chi connectivity index (χ3n) is 5.74. The van der Waals surface area contributed by atoms with E-state index < -0.39 is 11.9 Å². The van der Waals surface area contributed by atoms with Crippen LogP contribution in [-0.4, -0.2) is 42.5 Å². The van der Waals surface area contributed by atoms with Gasteiger partial charge >= 0.3 is 6.18 Å². The minimum atomic E-state index is -4.66. The maximum atomic E-state index is 13.8. The van der Waals surface area contributed by atoms with Crippen LogP contribution in [0.4, 0.5) is 19.0 Å².